The van der Waals surface area contributed by atoms with Crippen molar-refractivity contribution < 1.29 is 24.5 Å². The summed E-state index contributed by atoms with van der Waals surface area (Å²) in [6, 6.07) is 0. The highest BCUT2D eigenvalue weighted by molar-refractivity contribution is 5.86. The molecule has 3 N–H and O–H groups in total. The molecule has 98 valence electrons. The van der Waals surface area contributed by atoms with E-state index in [1.165, 1.54) is 7.11 Å². The molecule has 1 saturated heterocycles. The molecule has 1 fully saturated rings. The van der Waals surface area contributed by atoms with Crippen molar-refractivity contribution in [3.63, 3.8) is 0 Å². The molecule has 6 nitrogen and oxygen atoms in total. The number of carbonyl (C=O) groups is 1. The molecule has 0 bridgehead atoms. The van der Waals surface area contributed by atoms with Gasteiger partial charge in [-0.15, -0.1) is 0 Å². The first-order valence-corrected chi connectivity index (χ1v) is 5.46. The molecule has 0 aromatic heterocycles. The number of hydrogen-bond donors (Lipinski definition) is 3. The molecule has 5 atom stereocenters. The highest BCUT2D eigenvalue weighted by Crippen LogP contribution is 2.25. The quantitative estimate of drug-likeness (QED) is 0.554. The van der Waals surface area contributed by atoms with Gasteiger partial charge < -0.3 is 25.0 Å². The summed E-state index contributed by atoms with van der Waals surface area (Å²) in [6.07, 6.45) is -2.16. The van der Waals surface area contributed by atoms with E-state index in [1.807, 2.05) is 0 Å². The first-order valence-electron chi connectivity index (χ1n) is 5.46. The van der Waals surface area contributed by atoms with Gasteiger partial charge in [0.25, 0.3) is 0 Å². The number of amides is 1. The fourth-order valence-electron chi connectivity index (χ4n) is 1.77. The Morgan fingerprint density at radius 2 is 2.18 bits per heavy atom. The van der Waals surface area contributed by atoms with Crippen LogP contribution in [0.4, 0.5) is 0 Å². The zero-order chi connectivity index (χ0) is 13.0. The van der Waals surface area contributed by atoms with Crippen LogP contribution in [0.1, 0.15) is 6.92 Å². The molecule has 0 spiro atoms. The lowest BCUT2D eigenvalue weighted by atomic mass is 9.90. The van der Waals surface area contributed by atoms with Crippen molar-refractivity contribution in [3.8, 4) is 0 Å². The largest absolute Gasteiger partial charge is 0.390 e. The summed E-state index contributed by atoms with van der Waals surface area (Å²) in [5, 5.41) is 22.0. The van der Waals surface area contributed by atoms with Crippen molar-refractivity contribution in [1.29, 1.82) is 0 Å². The topological polar surface area (TPSA) is 88.0 Å². The molecule has 0 radical (unpaired) electrons. The Morgan fingerprint density at radius 3 is 2.71 bits per heavy atom. The van der Waals surface area contributed by atoms with Crippen molar-refractivity contribution in [2.75, 3.05) is 13.7 Å². The molecule has 1 rings (SSSR count). The molecule has 0 aliphatic carbocycles. The van der Waals surface area contributed by atoms with Crippen LogP contribution in [-0.4, -0.2) is 54.4 Å². The summed E-state index contributed by atoms with van der Waals surface area (Å²) >= 11 is 0. The Balaban J connectivity index is 2.59. The third kappa shape index (κ3) is 3.26. The van der Waals surface area contributed by atoms with Crippen molar-refractivity contribution in [2.24, 2.45) is 5.92 Å². The number of methoxy groups -OCH3 is 1. The van der Waals surface area contributed by atoms with Crippen molar-refractivity contribution in [3.05, 3.63) is 12.7 Å². The first-order chi connectivity index (χ1) is 8.01. The van der Waals surface area contributed by atoms with Crippen LogP contribution in [0.5, 0.6) is 0 Å². The molecule has 1 aliphatic rings. The van der Waals surface area contributed by atoms with Gasteiger partial charge in [-0.2, -0.15) is 0 Å². The normalized spacial score (nSPS) is 37.5. The van der Waals surface area contributed by atoms with E-state index in [2.05, 4.69) is 11.9 Å². The molecule has 6 heteroatoms. The summed E-state index contributed by atoms with van der Waals surface area (Å²) < 4.78 is 10.4. The van der Waals surface area contributed by atoms with Crippen LogP contribution >= 0.6 is 0 Å². The van der Waals surface area contributed by atoms with Crippen LogP contribution in [0.3, 0.4) is 0 Å². The second-order valence-corrected chi connectivity index (χ2v) is 4.07. The van der Waals surface area contributed by atoms with E-state index in [9.17, 15) is 15.0 Å². The number of carbonyl (C=O) groups excluding carboxylic acids is 1. The fraction of sp³-hybridized carbons (Fsp3) is 0.727. The lowest BCUT2D eigenvalue weighted by Crippen LogP contribution is -2.56. The maximum absolute atomic E-state index is 11.0. The lowest BCUT2D eigenvalue weighted by molar-refractivity contribution is -0.274. The smallest absolute Gasteiger partial charge is 0.243 e. The van der Waals surface area contributed by atoms with Gasteiger partial charge in [-0.1, -0.05) is 13.5 Å². The average Bonchev–Trinajstić information content (AvgIpc) is 2.34. The van der Waals surface area contributed by atoms with Crippen LogP contribution < -0.4 is 5.32 Å². The SMILES string of the molecule is C=CC(=O)NCC1OC(OC)C(O)C(O)C1C. The van der Waals surface area contributed by atoms with Gasteiger partial charge in [0.2, 0.25) is 5.91 Å². The minimum absolute atomic E-state index is 0.232. The molecule has 5 unspecified atom stereocenters. The Morgan fingerprint density at radius 1 is 1.53 bits per heavy atom. The van der Waals surface area contributed by atoms with E-state index < -0.39 is 24.6 Å². The van der Waals surface area contributed by atoms with Crippen LogP contribution in [0.25, 0.3) is 0 Å². The fourth-order valence-corrected chi connectivity index (χ4v) is 1.77. The maximum Gasteiger partial charge on any atom is 0.243 e. The standard InChI is InChI=1S/C11H19NO5/c1-4-8(13)12-5-7-6(2)9(14)10(15)11(16-3)17-7/h4,6-7,9-11,14-15H,1,5H2,2-3H3,(H,12,13). The van der Waals surface area contributed by atoms with E-state index in [0.29, 0.717) is 0 Å². The highest BCUT2D eigenvalue weighted by atomic mass is 16.7. The van der Waals surface area contributed by atoms with E-state index in [0.717, 1.165) is 6.08 Å². The lowest BCUT2D eigenvalue weighted by Gasteiger charge is -2.40. The zero-order valence-corrected chi connectivity index (χ0v) is 10.00. The van der Waals surface area contributed by atoms with Crippen molar-refractivity contribution in [2.45, 2.75) is 31.5 Å². The third-order valence-electron chi connectivity index (χ3n) is 2.96. The van der Waals surface area contributed by atoms with E-state index >= 15 is 0 Å². The number of hydrogen-bond acceptors (Lipinski definition) is 5. The molecular weight excluding hydrogens is 226 g/mol. The number of rotatable bonds is 4. The Bertz CT molecular complexity index is 281. The molecule has 0 aromatic carbocycles. The first kappa shape index (κ1) is 14.1. The maximum atomic E-state index is 11.0. The summed E-state index contributed by atoms with van der Waals surface area (Å²) in [6.45, 7) is 5.31. The predicted molar refractivity (Wildman–Crippen MR) is 60.1 cm³/mol. The zero-order valence-electron chi connectivity index (χ0n) is 10.00. The average molecular weight is 245 g/mol. The predicted octanol–water partition coefficient (Wildman–Crippen LogP) is -0.982. The van der Waals surface area contributed by atoms with Crippen LogP contribution in [-0.2, 0) is 14.3 Å². The highest BCUT2D eigenvalue weighted by Gasteiger charge is 2.42. The van der Waals surface area contributed by atoms with Crippen LogP contribution in [0, 0.1) is 5.92 Å². The number of nitrogens with one attached hydrogen (secondary N) is 1. The third-order valence-corrected chi connectivity index (χ3v) is 2.96. The van der Waals surface area contributed by atoms with Gasteiger partial charge in [-0.05, 0) is 6.08 Å². The molecule has 17 heavy (non-hydrogen) atoms. The van der Waals surface area contributed by atoms with E-state index in [1.54, 1.807) is 6.92 Å². The number of aliphatic hydroxyl groups excluding tert-OH is 2. The molecule has 0 saturated carbocycles. The Kier molecular flexibility index (Phi) is 5.07. The summed E-state index contributed by atoms with van der Waals surface area (Å²) in [5.74, 6) is -0.614. The van der Waals surface area contributed by atoms with Crippen molar-refractivity contribution >= 4 is 5.91 Å². The van der Waals surface area contributed by atoms with Crippen LogP contribution in [0.2, 0.25) is 0 Å². The van der Waals surface area contributed by atoms with Gasteiger partial charge in [0.1, 0.15) is 6.10 Å². The molecule has 0 aromatic rings. The minimum atomic E-state index is -1.08. The van der Waals surface area contributed by atoms with Gasteiger partial charge in [0, 0.05) is 19.6 Å². The second kappa shape index (κ2) is 6.11. The minimum Gasteiger partial charge on any atom is -0.390 e. The van der Waals surface area contributed by atoms with Gasteiger partial charge >= 0.3 is 0 Å². The van der Waals surface area contributed by atoms with Gasteiger partial charge in [-0.3, -0.25) is 4.79 Å². The van der Waals surface area contributed by atoms with Crippen LogP contribution in [0.15, 0.2) is 12.7 Å². The Hall–Kier alpha value is -0.950. The summed E-state index contributed by atoms with van der Waals surface area (Å²) in [4.78, 5) is 11.0. The van der Waals surface area contributed by atoms with E-state index in [-0.39, 0.29) is 18.4 Å². The van der Waals surface area contributed by atoms with Gasteiger partial charge in [-0.25, -0.2) is 0 Å². The number of aliphatic hydroxyl groups is 2. The molecule has 1 amide bonds. The summed E-state index contributed by atoms with van der Waals surface area (Å²) in [5.41, 5.74) is 0. The molecular formula is C11H19NO5. The Labute approximate surface area is 100 Å². The summed E-state index contributed by atoms with van der Waals surface area (Å²) in [7, 11) is 1.38. The second-order valence-electron chi connectivity index (χ2n) is 4.07. The molecule has 1 heterocycles. The van der Waals surface area contributed by atoms with Gasteiger partial charge in [0.05, 0.1) is 12.2 Å². The molecule has 1 aliphatic heterocycles. The van der Waals surface area contributed by atoms with Crippen molar-refractivity contribution in [1.82, 2.24) is 5.32 Å². The van der Waals surface area contributed by atoms with E-state index in [4.69, 9.17) is 9.47 Å². The number of ether oxygens (including phenoxy) is 2. The monoisotopic (exact) mass is 245 g/mol. The van der Waals surface area contributed by atoms with Gasteiger partial charge in [0.15, 0.2) is 6.29 Å².